The topological polar surface area (TPSA) is 25.8 Å². The number of pyridine rings is 2. The van der Waals surface area contributed by atoms with Gasteiger partial charge in [0.1, 0.15) is 0 Å². The van der Waals surface area contributed by atoms with Crippen LogP contribution in [0, 0.1) is 0 Å². The van der Waals surface area contributed by atoms with E-state index in [-0.39, 0.29) is 5.41 Å². The Morgan fingerprint density at radius 1 is 0.438 bits per heavy atom. The first-order valence-electron chi connectivity index (χ1n) is 16.7. The summed E-state index contributed by atoms with van der Waals surface area (Å²) in [7, 11) is 0. The van der Waals surface area contributed by atoms with E-state index in [1.165, 1.54) is 71.3 Å². The molecule has 2 nitrogen and oxygen atoms in total. The minimum absolute atomic E-state index is 0.0684. The Kier molecular flexibility index (Phi) is 6.42. The lowest BCUT2D eigenvalue weighted by Gasteiger charge is -2.23. The zero-order valence-corrected chi connectivity index (χ0v) is 27.3. The zero-order valence-electron chi connectivity index (χ0n) is 27.3. The van der Waals surface area contributed by atoms with Crippen LogP contribution in [-0.2, 0) is 5.41 Å². The van der Waals surface area contributed by atoms with Gasteiger partial charge in [-0.3, -0.25) is 0 Å². The van der Waals surface area contributed by atoms with Crippen molar-refractivity contribution in [2.24, 2.45) is 0 Å². The van der Waals surface area contributed by atoms with Crippen LogP contribution >= 0.6 is 0 Å². The average Bonchev–Trinajstić information content (AvgIpc) is 3.13. The Bertz CT molecular complexity index is 2590. The van der Waals surface area contributed by atoms with Crippen LogP contribution in [0.4, 0.5) is 0 Å². The molecule has 9 aromatic rings. The Hall–Kier alpha value is -5.86. The molecule has 0 bridgehead atoms. The summed E-state index contributed by atoms with van der Waals surface area (Å²) in [5, 5.41) is 8.87. The van der Waals surface area contributed by atoms with Crippen LogP contribution in [0.1, 0.15) is 26.3 Å². The molecule has 9 rings (SSSR count). The number of hydrogen-bond acceptors (Lipinski definition) is 2. The van der Waals surface area contributed by atoms with Crippen molar-refractivity contribution in [3.63, 3.8) is 0 Å². The second-order valence-electron chi connectivity index (χ2n) is 13.9. The Morgan fingerprint density at radius 2 is 1.00 bits per heavy atom. The van der Waals surface area contributed by atoms with Crippen LogP contribution in [0.2, 0.25) is 0 Å². The van der Waals surface area contributed by atoms with Crippen LogP contribution < -0.4 is 0 Å². The Morgan fingerprint density at radius 3 is 1.62 bits per heavy atom. The molecule has 0 unspecified atom stereocenters. The standard InChI is InChI=1S/C46H34N2/c1-46(2,3)37-26-35-19-22-38-40(31-13-11-30(12-14-31)29-8-5-4-6-9-29)28-41(39-23-20-36(27-37)43(35)44(38)39)32-15-17-33(18-16-32)42-24-21-34-10-7-25-47-45(34)48-42/h4-28H,1-3H3. The highest BCUT2D eigenvalue weighted by Crippen LogP contribution is 2.45. The minimum Gasteiger partial charge on any atom is -0.237 e. The van der Waals surface area contributed by atoms with Gasteiger partial charge >= 0.3 is 0 Å². The van der Waals surface area contributed by atoms with E-state index in [1.807, 2.05) is 12.1 Å². The predicted molar refractivity (Wildman–Crippen MR) is 204 cm³/mol. The highest BCUT2D eigenvalue weighted by atomic mass is 14.8. The number of aromatic nitrogens is 2. The molecule has 0 spiro atoms. The Labute approximate surface area is 280 Å². The van der Waals surface area contributed by atoms with Crippen molar-refractivity contribution in [1.82, 2.24) is 9.97 Å². The Balaban J connectivity index is 1.25. The van der Waals surface area contributed by atoms with E-state index in [0.717, 1.165) is 22.3 Å². The summed E-state index contributed by atoms with van der Waals surface area (Å²) >= 11 is 0. The molecule has 0 radical (unpaired) electrons. The van der Waals surface area contributed by atoms with Crippen LogP contribution in [0.5, 0.6) is 0 Å². The van der Waals surface area contributed by atoms with Crippen LogP contribution in [0.25, 0.3) is 88.0 Å². The molecule has 228 valence electrons. The SMILES string of the molecule is CC(C)(C)c1cc2ccc3c(-c4ccc(-c5ccccc5)cc4)cc(-c4ccc(-c5ccc6cccnc6n5)cc4)c4ccc(c1)c2c34. The number of hydrogen-bond donors (Lipinski definition) is 0. The van der Waals surface area contributed by atoms with Gasteiger partial charge in [-0.15, -0.1) is 0 Å². The molecule has 7 aromatic carbocycles. The van der Waals surface area contributed by atoms with E-state index in [0.29, 0.717) is 0 Å². The second-order valence-corrected chi connectivity index (χ2v) is 13.9. The second kappa shape index (κ2) is 10.9. The molecule has 0 fully saturated rings. The quantitative estimate of drug-likeness (QED) is 0.184. The van der Waals surface area contributed by atoms with Gasteiger partial charge in [0.2, 0.25) is 0 Å². The van der Waals surface area contributed by atoms with Gasteiger partial charge < -0.3 is 0 Å². The van der Waals surface area contributed by atoms with E-state index in [9.17, 15) is 0 Å². The van der Waals surface area contributed by atoms with Gasteiger partial charge in [-0.25, -0.2) is 9.97 Å². The third-order valence-electron chi connectivity index (χ3n) is 9.84. The smallest absolute Gasteiger partial charge is 0.159 e. The van der Waals surface area contributed by atoms with Crippen molar-refractivity contribution in [1.29, 1.82) is 0 Å². The maximum Gasteiger partial charge on any atom is 0.159 e. The molecule has 2 aromatic heterocycles. The highest BCUT2D eigenvalue weighted by Gasteiger charge is 2.20. The van der Waals surface area contributed by atoms with Gasteiger partial charge in [-0.2, -0.15) is 0 Å². The van der Waals surface area contributed by atoms with Crippen LogP contribution in [0.15, 0.2) is 152 Å². The summed E-state index contributed by atoms with van der Waals surface area (Å²) in [6.07, 6.45) is 1.80. The first-order chi connectivity index (χ1) is 23.4. The first-order valence-corrected chi connectivity index (χ1v) is 16.7. The number of fused-ring (bicyclic) bond motifs is 1. The molecular weight excluding hydrogens is 581 g/mol. The number of nitrogens with zero attached hydrogens (tertiary/aromatic N) is 2. The predicted octanol–water partition coefficient (Wildman–Crippen LogP) is 12.5. The van der Waals surface area contributed by atoms with E-state index < -0.39 is 0 Å². The fourth-order valence-corrected chi connectivity index (χ4v) is 7.23. The fraction of sp³-hybridized carbons (Fsp3) is 0.0870. The number of benzene rings is 7. The molecule has 2 heteroatoms. The number of rotatable bonds is 4. The van der Waals surface area contributed by atoms with Gasteiger partial charge in [0.15, 0.2) is 5.65 Å². The summed E-state index contributed by atoms with van der Waals surface area (Å²) in [5.41, 5.74) is 11.5. The van der Waals surface area contributed by atoms with Gasteiger partial charge in [-0.05, 0) is 107 Å². The molecular formula is C46H34N2. The summed E-state index contributed by atoms with van der Waals surface area (Å²) in [4.78, 5) is 9.32. The molecule has 0 amide bonds. The van der Waals surface area contributed by atoms with E-state index in [4.69, 9.17) is 4.98 Å². The zero-order chi connectivity index (χ0) is 32.4. The molecule has 0 saturated carbocycles. The lowest BCUT2D eigenvalue weighted by atomic mass is 9.81. The van der Waals surface area contributed by atoms with Crippen molar-refractivity contribution < 1.29 is 0 Å². The van der Waals surface area contributed by atoms with Crippen LogP contribution in [-0.4, -0.2) is 9.97 Å². The van der Waals surface area contributed by atoms with Crippen LogP contribution in [0.3, 0.4) is 0 Å². The fourth-order valence-electron chi connectivity index (χ4n) is 7.23. The third-order valence-corrected chi connectivity index (χ3v) is 9.84. The lowest BCUT2D eigenvalue weighted by molar-refractivity contribution is 0.591. The van der Waals surface area contributed by atoms with E-state index >= 15 is 0 Å². The molecule has 0 aliphatic heterocycles. The summed E-state index contributed by atoms with van der Waals surface area (Å²) in [6.45, 7) is 6.88. The summed E-state index contributed by atoms with van der Waals surface area (Å²) in [5.74, 6) is 0. The van der Waals surface area contributed by atoms with Crippen molar-refractivity contribution in [2.75, 3.05) is 0 Å². The summed E-state index contributed by atoms with van der Waals surface area (Å²) in [6, 6.07) is 53.2. The maximum atomic E-state index is 4.85. The van der Waals surface area contributed by atoms with Crippen molar-refractivity contribution in [3.05, 3.63) is 157 Å². The largest absolute Gasteiger partial charge is 0.237 e. The van der Waals surface area contributed by atoms with Gasteiger partial charge in [0.25, 0.3) is 0 Å². The molecule has 0 N–H and O–H groups in total. The van der Waals surface area contributed by atoms with Gasteiger partial charge in [0, 0.05) is 17.1 Å². The van der Waals surface area contributed by atoms with Crippen molar-refractivity contribution >= 4 is 43.4 Å². The van der Waals surface area contributed by atoms with E-state index in [2.05, 4.69) is 159 Å². The summed E-state index contributed by atoms with van der Waals surface area (Å²) < 4.78 is 0. The first kappa shape index (κ1) is 28.4. The third kappa shape index (κ3) is 4.72. The molecule has 0 saturated heterocycles. The van der Waals surface area contributed by atoms with Gasteiger partial charge in [-0.1, -0.05) is 136 Å². The molecule has 2 heterocycles. The minimum atomic E-state index is 0.0684. The van der Waals surface area contributed by atoms with Crippen molar-refractivity contribution in [3.8, 4) is 44.6 Å². The molecule has 48 heavy (non-hydrogen) atoms. The monoisotopic (exact) mass is 614 g/mol. The molecule has 0 aliphatic carbocycles. The molecule has 0 aliphatic rings. The molecule has 0 atom stereocenters. The highest BCUT2D eigenvalue weighted by molar-refractivity contribution is 6.28. The van der Waals surface area contributed by atoms with Gasteiger partial charge in [0.05, 0.1) is 5.69 Å². The normalized spacial score (nSPS) is 12.1. The van der Waals surface area contributed by atoms with Crippen molar-refractivity contribution in [2.45, 2.75) is 26.2 Å². The lowest BCUT2D eigenvalue weighted by Crippen LogP contribution is -2.10. The maximum absolute atomic E-state index is 4.85. The van der Waals surface area contributed by atoms with E-state index in [1.54, 1.807) is 6.20 Å². The average molecular weight is 615 g/mol.